The first-order valence-electron chi connectivity index (χ1n) is 9.69. The zero-order valence-corrected chi connectivity index (χ0v) is 17.3. The number of furan rings is 1. The third-order valence-electron chi connectivity index (χ3n) is 4.83. The number of piperidine rings is 1. The highest BCUT2D eigenvalue weighted by Gasteiger charge is 2.27. The molecule has 2 N–H and O–H groups in total. The predicted molar refractivity (Wildman–Crippen MR) is 113 cm³/mol. The van der Waals surface area contributed by atoms with Crippen LogP contribution in [0.25, 0.3) is 11.5 Å². The van der Waals surface area contributed by atoms with Crippen LogP contribution in [0.1, 0.15) is 25.5 Å². The van der Waals surface area contributed by atoms with Crippen molar-refractivity contribution < 1.29 is 14.0 Å². The minimum absolute atomic E-state index is 0.0460. The van der Waals surface area contributed by atoms with E-state index in [1.54, 1.807) is 30.7 Å². The first kappa shape index (κ1) is 20.0. The Morgan fingerprint density at radius 3 is 3.03 bits per heavy atom. The molecular weight excluding hydrogens is 404 g/mol. The molecule has 0 bridgehead atoms. The van der Waals surface area contributed by atoms with Crippen molar-refractivity contribution in [2.75, 3.05) is 23.3 Å². The monoisotopic (exact) mass is 426 g/mol. The first-order chi connectivity index (χ1) is 14.6. The van der Waals surface area contributed by atoms with Crippen LogP contribution >= 0.6 is 11.3 Å². The van der Waals surface area contributed by atoms with E-state index in [0.29, 0.717) is 35.4 Å². The Morgan fingerprint density at radius 2 is 2.23 bits per heavy atom. The number of carbonyl (C=O) groups is 2. The first-order valence-corrected chi connectivity index (χ1v) is 10.6. The Hall–Kier alpha value is -3.27. The van der Waals surface area contributed by atoms with E-state index in [0.717, 1.165) is 25.2 Å². The summed E-state index contributed by atoms with van der Waals surface area (Å²) in [4.78, 5) is 38.8. The highest BCUT2D eigenvalue weighted by Crippen LogP contribution is 2.28. The number of amides is 2. The van der Waals surface area contributed by atoms with Crippen LogP contribution in [0.3, 0.4) is 0 Å². The van der Waals surface area contributed by atoms with Gasteiger partial charge in [0, 0.05) is 37.8 Å². The molecule has 3 aromatic rings. The number of anilines is 2. The minimum Gasteiger partial charge on any atom is -0.458 e. The van der Waals surface area contributed by atoms with Crippen LogP contribution < -0.4 is 15.5 Å². The molecule has 1 aliphatic heterocycles. The van der Waals surface area contributed by atoms with E-state index in [1.165, 1.54) is 18.3 Å². The van der Waals surface area contributed by atoms with E-state index in [-0.39, 0.29) is 17.7 Å². The maximum atomic E-state index is 12.8. The van der Waals surface area contributed by atoms with Gasteiger partial charge in [0.2, 0.25) is 11.8 Å². The lowest BCUT2D eigenvalue weighted by Gasteiger charge is -2.32. The summed E-state index contributed by atoms with van der Waals surface area (Å²) < 4.78 is 5.72. The fraction of sp³-hybridized carbons (Fsp3) is 0.350. The van der Waals surface area contributed by atoms with Crippen LogP contribution in [-0.4, -0.2) is 39.9 Å². The molecule has 156 valence electrons. The lowest BCUT2D eigenvalue weighted by Crippen LogP contribution is -2.41. The third-order valence-corrected chi connectivity index (χ3v) is 5.58. The van der Waals surface area contributed by atoms with Crippen LogP contribution in [0.5, 0.6) is 0 Å². The van der Waals surface area contributed by atoms with E-state index in [4.69, 9.17) is 4.42 Å². The summed E-state index contributed by atoms with van der Waals surface area (Å²) in [6, 6.07) is 3.60. The summed E-state index contributed by atoms with van der Waals surface area (Å²) >= 11 is 1.35. The smallest absolute Gasteiger partial charge is 0.231 e. The van der Waals surface area contributed by atoms with Crippen molar-refractivity contribution in [1.82, 2.24) is 20.3 Å². The summed E-state index contributed by atoms with van der Waals surface area (Å²) in [5.74, 6) is 1.73. The largest absolute Gasteiger partial charge is 0.458 e. The van der Waals surface area contributed by atoms with Gasteiger partial charge in [-0.2, -0.15) is 0 Å². The molecule has 0 aromatic carbocycles. The van der Waals surface area contributed by atoms with Gasteiger partial charge in [0.1, 0.15) is 17.3 Å². The number of aromatic nitrogens is 3. The molecule has 1 fully saturated rings. The molecule has 10 heteroatoms. The summed E-state index contributed by atoms with van der Waals surface area (Å²) in [7, 11) is 0. The minimum atomic E-state index is -0.138. The number of rotatable bonds is 6. The van der Waals surface area contributed by atoms with Crippen LogP contribution in [0.15, 0.2) is 40.5 Å². The number of hydrogen-bond acceptors (Lipinski definition) is 8. The van der Waals surface area contributed by atoms with Gasteiger partial charge in [0.05, 0.1) is 18.7 Å². The third kappa shape index (κ3) is 4.82. The molecule has 0 aliphatic carbocycles. The van der Waals surface area contributed by atoms with E-state index >= 15 is 0 Å². The van der Waals surface area contributed by atoms with Gasteiger partial charge in [0.15, 0.2) is 10.9 Å². The zero-order chi connectivity index (χ0) is 20.9. The van der Waals surface area contributed by atoms with Crippen molar-refractivity contribution >= 4 is 34.1 Å². The van der Waals surface area contributed by atoms with Crippen LogP contribution in [0.4, 0.5) is 10.9 Å². The molecule has 30 heavy (non-hydrogen) atoms. The maximum absolute atomic E-state index is 12.8. The average Bonchev–Trinajstić information content (AvgIpc) is 3.42. The second-order valence-electron chi connectivity index (χ2n) is 7.05. The topological polar surface area (TPSA) is 113 Å². The van der Waals surface area contributed by atoms with Gasteiger partial charge in [-0.25, -0.2) is 9.97 Å². The number of nitrogens with zero attached hydrogens (tertiary/aromatic N) is 4. The Morgan fingerprint density at radius 1 is 1.33 bits per heavy atom. The van der Waals surface area contributed by atoms with Crippen molar-refractivity contribution in [3.8, 4) is 11.5 Å². The second kappa shape index (κ2) is 9.04. The summed E-state index contributed by atoms with van der Waals surface area (Å²) in [6.07, 6.45) is 6.76. The summed E-state index contributed by atoms with van der Waals surface area (Å²) in [5, 5.41) is 7.99. The lowest BCUT2D eigenvalue weighted by atomic mass is 9.97. The zero-order valence-electron chi connectivity index (χ0n) is 16.5. The molecule has 0 radical (unpaired) electrons. The number of hydrogen-bond donors (Lipinski definition) is 2. The van der Waals surface area contributed by atoms with Crippen molar-refractivity contribution in [3.05, 3.63) is 41.9 Å². The maximum Gasteiger partial charge on any atom is 0.231 e. The molecule has 2 amide bonds. The molecule has 1 saturated heterocycles. The summed E-state index contributed by atoms with van der Waals surface area (Å²) in [6.45, 7) is 3.25. The van der Waals surface area contributed by atoms with Crippen molar-refractivity contribution in [1.29, 1.82) is 0 Å². The number of carbonyl (C=O) groups excluding carboxylic acids is 2. The van der Waals surface area contributed by atoms with E-state index < -0.39 is 0 Å². The molecule has 4 rings (SSSR count). The van der Waals surface area contributed by atoms with Crippen molar-refractivity contribution in [2.24, 2.45) is 5.92 Å². The highest BCUT2D eigenvalue weighted by molar-refractivity contribution is 7.14. The van der Waals surface area contributed by atoms with E-state index in [1.807, 2.05) is 5.38 Å². The van der Waals surface area contributed by atoms with Gasteiger partial charge in [-0.05, 0) is 25.0 Å². The van der Waals surface area contributed by atoms with Gasteiger partial charge in [-0.3, -0.25) is 14.6 Å². The standard InChI is InChI=1S/C20H22N6O3S/c1-13(27)23-9-15-4-5-17(29-15)16-12-30-20(24-16)25-19(28)14-3-2-8-26(11-14)18-10-21-6-7-22-18/h4-7,10,12,14H,2-3,8-9,11H2,1H3,(H,23,27)(H,24,25,28). The van der Waals surface area contributed by atoms with Gasteiger partial charge < -0.3 is 20.0 Å². The molecule has 0 saturated carbocycles. The molecule has 1 atom stereocenters. The van der Waals surface area contributed by atoms with Crippen LogP contribution in [0.2, 0.25) is 0 Å². The Kier molecular flexibility index (Phi) is 6.03. The number of nitrogens with one attached hydrogen (secondary N) is 2. The summed E-state index contributed by atoms with van der Waals surface area (Å²) in [5.41, 5.74) is 0.647. The molecule has 3 aromatic heterocycles. The molecular formula is C20H22N6O3S. The molecule has 4 heterocycles. The fourth-order valence-electron chi connectivity index (χ4n) is 3.33. The lowest BCUT2D eigenvalue weighted by molar-refractivity contribution is -0.120. The Labute approximate surface area is 177 Å². The second-order valence-corrected chi connectivity index (χ2v) is 7.91. The van der Waals surface area contributed by atoms with Gasteiger partial charge in [-0.1, -0.05) is 0 Å². The molecule has 0 spiro atoms. The van der Waals surface area contributed by atoms with E-state index in [2.05, 4.69) is 30.5 Å². The SMILES string of the molecule is CC(=O)NCc1ccc(-c2csc(NC(=O)C3CCCN(c4cnccn4)C3)n2)o1. The normalized spacial score (nSPS) is 16.3. The van der Waals surface area contributed by atoms with Gasteiger partial charge in [-0.15, -0.1) is 11.3 Å². The fourth-order valence-corrected chi connectivity index (χ4v) is 4.03. The molecule has 1 aliphatic rings. The Balaban J connectivity index is 1.36. The average molecular weight is 427 g/mol. The molecule has 1 unspecified atom stereocenters. The van der Waals surface area contributed by atoms with Crippen LogP contribution in [0, 0.1) is 5.92 Å². The highest BCUT2D eigenvalue weighted by atomic mass is 32.1. The Bertz CT molecular complexity index is 1020. The predicted octanol–water partition coefficient (Wildman–Crippen LogP) is 2.68. The van der Waals surface area contributed by atoms with Crippen molar-refractivity contribution in [3.63, 3.8) is 0 Å². The van der Waals surface area contributed by atoms with Gasteiger partial charge in [0.25, 0.3) is 0 Å². The molecule has 9 nitrogen and oxygen atoms in total. The quantitative estimate of drug-likeness (QED) is 0.623. The van der Waals surface area contributed by atoms with Gasteiger partial charge >= 0.3 is 0 Å². The number of thiazole rings is 1. The van der Waals surface area contributed by atoms with Crippen LogP contribution in [-0.2, 0) is 16.1 Å². The van der Waals surface area contributed by atoms with Crippen molar-refractivity contribution in [2.45, 2.75) is 26.3 Å². The van der Waals surface area contributed by atoms with E-state index in [9.17, 15) is 9.59 Å².